The number of halogens is 2. The number of aromatic nitrogens is 2. The summed E-state index contributed by atoms with van der Waals surface area (Å²) in [5.74, 6) is 1.46. The zero-order chi connectivity index (χ0) is 26.5. The minimum atomic E-state index is -0.0877. The Morgan fingerprint density at radius 1 is 1.05 bits per heavy atom. The Morgan fingerprint density at radius 3 is 2.41 bits per heavy atom. The first kappa shape index (κ1) is 26.5. The second-order valence-electron chi connectivity index (χ2n) is 8.22. The van der Waals surface area contributed by atoms with E-state index >= 15 is 0 Å². The molecule has 3 heterocycles. The third-order valence-electron chi connectivity index (χ3n) is 5.50. The number of pyridine rings is 2. The quantitative estimate of drug-likeness (QED) is 0.197. The van der Waals surface area contributed by atoms with Crippen LogP contribution in [-0.4, -0.2) is 71.0 Å². The fraction of sp³-hybridized carbons (Fsp3) is 0.261. The van der Waals surface area contributed by atoms with E-state index in [0.717, 1.165) is 0 Å². The molecule has 14 heteroatoms. The molecule has 1 aromatic carbocycles. The zero-order valence-corrected chi connectivity index (χ0v) is 21.4. The molecule has 0 saturated carbocycles. The number of hydrogen-bond donors (Lipinski definition) is 5. The Kier molecular flexibility index (Phi) is 8.36. The number of carbonyl (C=O) groups excluding carboxylic acids is 1. The minimum Gasteiger partial charge on any atom is -0.435 e. The summed E-state index contributed by atoms with van der Waals surface area (Å²) in [6.45, 7) is 2.41. The zero-order valence-electron chi connectivity index (χ0n) is 19.9. The van der Waals surface area contributed by atoms with E-state index in [1.165, 1.54) is 6.07 Å². The van der Waals surface area contributed by atoms with Crippen molar-refractivity contribution in [2.45, 2.75) is 0 Å². The number of anilines is 5. The number of nitrogens with zero attached hydrogens (tertiary/aromatic N) is 5. The maximum Gasteiger partial charge on any atom is 0.245 e. The van der Waals surface area contributed by atoms with Crippen molar-refractivity contribution in [1.82, 2.24) is 14.9 Å². The van der Waals surface area contributed by atoms with Crippen LogP contribution in [0.1, 0.15) is 0 Å². The highest BCUT2D eigenvalue weighted by Crippen LogP contribution is 2.36. The average molecular weight is 549 g/mol. The van der Waals surface area contributed by atoms with Gasteiger partial charge < -0.3 is 26.0 Å². The van der Waals surface area contributed by atoms with Gasteiger partial charge >= 0.3 is 0 Å². The van der Waals surface area contributed by atoms with Crippen LogP contribution in [-0.2, 0) is 4.79 Å². The number of nitrogen functional groups attached to an aromatic ring is 1. The van der Waals surface area contributed by atoms with E-state index in [2.05, 4.69) is 20.6 Å². The van der Waals surface area contributed by atoms with Crippen molar-refractivity contribution in [2.75, 3.05) is 66.3 Å². The largest absolute Gasteiger partial charge is 0.435 e. The summed E-state index contributed by atoms with van der Waals surface area (Å²) in [6, 6.07) is 11.4. The molecule has 37 heavy (non-hydrogen) atoms. The second kappa shape index (κ2) is 11.7. The SMILES string of the molecule is CN1CCN(c2ccc(NCCNc3ccc(N(O)O)c(N)n3)nc2Oc2ccc(Cl)cc2Cl)C(=O)C1. The lowest BCUT2D eigenvalue weighted by Gasteiger charge is -2.32. The normalized spacial score (nSPS) is 14.0. The van der Waals surface area contributed by atoms with Crippen molar-refractivity contribution in [3.8, 4) is 11.6 Å². The summed E-state index contributed by atoms with van der Waals surface area (Å²) in [7, 11) is 1.89. The molecular formula is C23H26Cl2N8O4. The van der Waals surface area contributed by atoms with E-state index < -0.39 is 0 Å². The van der Waals surface area contributed by atoms with Crippen LogP contribution in [0.15, 0.2) is 42.5 Å². The van der Waals surface area contributed by atoms with E-state index in [4.69, 9.17) is 44.1 Å². The molecule has 0 atom stereocenters. The van der Waals surface area contributed by atoms with Gasteiger partial charge in [0.2, 0.25) is 11.8 Å². The number of benzene rings is 1. The first-order valence-electron chi connectivity index (χ1n) is 11.3. The number of likely N-dealkylation sites (N-methyl/N-ethyl adjacent to an activating group) is 1. The van der Waals surface area contributed by atoms with Crippen LogP contribution < -0.4 is 31.2 Å². The Balaban J connectivity index is 1.48. The van der Waals surface area contributed by atoms with E-state index in [0.29, 0.717) is 65.8 Å². The molecule has 0 aliphatic carbocycles. The molecule has 0 bridgehead atoms. The summed E-state index contributed by atoms with van der Waals surface area (Å²) in [4.78, 5) is 25.0. The average Bonchev–Trinajstić information content (AvgIpc) is 2.84. The van der Waals surface area contributed by atoms with Crippen LogP contribution in [0, 0.1) is 0 Å². The Bertz CT molecular complexity index is 1280. The molecule has 0 radical (unpaired) electrons. The molecule has 196 valence electrons. The maximum absolute atomic E-state index is 12.7. The summed E-state index contributed by atoms with van der Waals surface area (Å²) in [5, 5.41) is 25.2. The van der Waals surface area contributed by atoms with Gasteiger partial charge in [-0.15, -0.1) is 5.23 Å². The first-order chi connectivity index (χ1) is 17.7. The summed E-state index contributed by atoms with van der Waals surface area (Å²) >= 11 is 12.3. The van der Waals surface area contributed by atoms with Crippen molar-refractivity contribution < 1.29 is 19.9 Å². The van der Waals surface area contributed by atoms with Gasteiger partial charge in [-0.25, -0.2) is 4.98 Å². The summed E-state index contributed by atoms with van der Waals surface area (Å²) in [6.07, 6.45) is 0. The number of amides is 1. The van der Waals surface area contributed by atoms with Gasteiger partial charge in [-0.1, -0.05) is 23.2 Å². The fourth-order valence-electron chi connectivity index (χ4n) is 3.64. The second-order valence-corrected chi connectivity index (χ2v) is 9.07. The topological polar surface area (TPSA) is 152 Å². The summed E-state index contributed by atoms with van der Waals surface area (Å²) < 4.78 is 6.05. The number of rotatable bonds is 9. The van der Waals surface area contributed by atoms with Gasteiger partial charge in [0.1, 0.15) is 28.8 Å². The molecule has 2 aromatic heterocycles. The highest BCUT2D eigenvalue weighted by atomic mass is 35.5. The minimum absolute atomic E-state index is 0.0277. The molecule has 1 aliphatic rings. The Hall–Kier alpha value is -3.55. The number of piperazine rings is 1. The highest BCUT2D eigenvalue weighted by molar-refractivity contribution is 6.35. The monoisotopic (exact) mass is 548 g/mol. The van der Waals surface area contributed by atoms with Gasteiger partial charge in [-0.2, -0.15) is 4.98 Å². The van der Waals surface area contributed by atoms with Crippen molar-refractivity contribution >= 4 is 57.9 Å². The number of nitrogens with two attached hydrogens (primary N) is 1. The van der Waals surface area contributed by atoms with Crippen LogP contribution in [0.4, 0.5) is 28.8 Å². The number of hydrogen-bond acceptors (Lipinski definition) is 11. The van der Waals surface area contributed by atoms with Crippen LogP contribution >= 0.6 is 23.2 Å². The molecule has 6 N–H and O–H groups in total. The van der Waals surface area contributed by atoms with Gasteiger partial charge in [0.05, 0.1) is 11.6 Å². The van der Waals surface area contributed by atoms with Gasteiger partial charge in [-0.05, 0) is 49.5 Å². The molecule has 1 saturated heterocycles. The highest BCUT2D eigenvalue weighted by Gasteiger charge is 2.26. The standard InChI is InChI=1S/C23H26Cl2N8O4/c1-31-10-11-32(21(34)13-31)17-4-7-20(30-23(17)37-18-5-2-14(24)12-15(18)25)28-9-8-27-19-6-3-16(33(35)36)22(26)29-19/h2-7,12,35-36H,8-11,13H2,1H3,(H,28,30)(H3,26,27,29). The molecule has 1 fully saturated rings. The van der Waals surface area contributed by atoms with E-state index in [1.807, 2.05) is 11.9 Å². The van der Waals surface area contributed by atoms with Gasteiger partial charge in [0.25, 0.3) is 0 Å². The molecule has 3 aromatic rings. The van der Waals surface area contributed by atoms with Gasteiger partial charge in [0.15, 0.2) is 5.82 Å². The molecule has 4 rings (SSSR count). The Morgan fingerprint density at radius 2 is 1.76 bits per heavy atom. The lowest BCUT2D eigenvalue weighted by molar-refractivity contribution is -0.120. The van der Waals surface area contributed by atoms with Crippen molar-refractivity contribution in [3.63, 3.8) is 0 Å². The van der Waals surface area contributed by atoms with Crippen LogP contribution in [0.5, 0.6) is 11.6 Å². The van der Waals surface area contributed by atoms with E-state index in [9.17, 15) is 4.79 Å². The molecule has 1 aliphatic heterocycles. The van der Waals surface area contributed by atoms with Crippen molar-refractivity contribution in [3.05, 3.63) is 52.5 Å². The third-order valence-corrected chi connectivity index (χ3v) is 6.03. The number of ether oxygens (including phenoxy) is 1. The molecule has 0 spiro atoms. The first-order valence-corrected chi connectivity index (χ1v) is 12.0. The van der Waals surface area contributed by atoms with Crippen LogP contribution in [0.3, 0.4) is 0 Å². The van der Waals surface area contributed by atoms with Crippen molar-refractivity contribution in [2.24, 2.45) is 0 Å². The van der Waals surface area contributed by atoms with E-state index in [1.54, 1.807) is 41.3 Å². The lowest BCUT2D eigenvalue weighted by Crippen LogP contribution is -2.49. The predicted octanol–water partition coefficient (Wildman–Crippen LogP) is 3.55. The number of carbonyl (C=O) groups is 1. The smallest absolute Gasteiger partial charge is 0.245 e. The fourth-order valence-corrected chi connectivity index (χ4v) is 4.08. The predicted molar refractivity (Wildman–Crippen MR) is 142 cm³/mol. The molecule has 0 unspecified atom stereocenters. The van der Waals surface area contributed by atoms with Gasteiger partial charge in [0, 0.05) is 31.2 Å². The van der Waals surface area contributed by atoms with Gasteiger partial charge in [-0.3, -0.25) is 20.1 Å². The number of nitrogens with one attached hydrogen (secondary N) is 2. The molecule has 12 nitrogen and oxygen atoms in total. The molecule has 1 amide bonds. The third kappa shape index (κ3) is 6.61. The van der Waals surface area contributed by atoms with Crippen LogP contribution in [0.25, 0.3) is 0 Å². The summed E-state index contributed by atoms with van der Waals surface area (Å²) in [5.41, 5.74) is 6.22. The van der Waals surface area contributed by atoms with E-state index in [-0.39, 0.29) is 28.5 Å². The van der Waals surface area contributed by atoms with Crippen molar-refractivity contribution in [1.29, 1.82) is 0 Å². The van der Waals surface area contributed by atoms with Crippen LogP contribution in [0.2, 0.25) is 10.0 Å². The molecular weight excluding hydrogens is 523 g/mol. The maximum atomic E-state index is 12.7. The lowest BCUT2D eigenvalue weighted by atomic mass is 10.2. The Labute approximate surface area is 223 Å².